The number of hydrogen-bond donors (Lipinski definition) is 1. The number of amides is 1. The lowest BCUT2D eigenvalue weighted by atomic mass is 10.2. The lowest BCUT2D eigenvalue weighted by Crippen LogP contribution is -2.21. The Kier molecular flexibility index (Phi) is 7.14. The van der Waals surface area contributed by atoms with Crippen LogP contribution in [-0.4, -0.2) is 32.8 Å². The lowest BCUT2D eigenvalue weighted by molar-refractivity contribution is -0.118. The Balaban J connectivity index is 2.06. The number of hydrogen-bond acceptors (Lipinski definition) is 5. The number of carbonyl (C=O) groups excluding carboxylic acids is 1. The molecule has 0 unspecified atom stereocenters. The summed E-state index contributed by atoms with van der Waals surface area (Å²) < 4.78 is 21.9. The van der Waals surface area contributed by atoms with Crippen molar-refractivity contribution < 1.29 is 23.7 Å². The largest absolute Gasteiger partial charge is 0.494 e. The number of methoxy groups -OCH3 is 1. The summed E-state index contributed by atoms with van der Waals surface area (Å²) in [5, 5.41) is 2.80. The molecule has 26 heavy (non-hydrogen) atoms. The number of nitrogens with one attached hydrogen (secondary N) is 1. The average molecular weight is 359 g/mol. The minimum atomic E-state index is -0.303. The Bertz CT molecular complexity index is 745. The smallest absolute Gasteiger partial charge is 0.262 e. The molecule has 2 aromatic carbocycles. The molecule has 0 saturated carbocycles. The van der Waals surface area contributed by atoms with Gasteiger partial charge in [0.25, 0.3) is 5.91 Å². The highest BCUT2D eigenvalue weighted by Gasteiger charge is 2.12. The van der Waals surface area contributed by atoms with Gasteiger partial charge in [-0.3, -0.25) is 4.79 Å². The van der Waals surface area contributed by atoms with E-state index in [1.165, 1.54) is 0 Å². The van der Waals surface area contributed by atoms with Crippen molar-refractivity contribution in [2.45, 2.75) is 20.8 Å². The van der Waals surface area contributed by atoms with Gasteiger partial charge >= 0.3 is 0 Å². The maximum absolute atomic E-state index is 12.3. The number of benzene rings is 2. The van der Waals surface area contributed by atoms with E-state index in [2.05, 4.69) is 5.32 Å². The Morgan fingerprint density at radius 2 is 1.65 bits per heavy atom. The van der Waals surface area contributed by atoms with E-state index in [4.69, 9.17) is 18.9 Å². The maximum atomic E-state index is 12.3. The van der Waals surface area contributed by atoms with Crippen molar-refractivity contribution in [3.05, 3.63) is 42.0 Å². The summed E-state index contributed by atoms with van der Waals surface area (Å²) in [4.78, 5) is 12.3. The molecule has 0 aliphatic heterocycles. The summed E-state index contributed by atoms with van der Waals surface area (Å²) in [5.74, 6) is 2.04. The van der Waals surface area contributed by atoms with Crippen LogP contribution in [0.15, 0.2) is 36.4 Å². The van der Waals surface area contributed by atoms with Crippen LogP contribution >= 0.6 is 0 Å². The Morgan fingerprint density at radius 1 is 0.923 bits per heavy atom. The van der Waals surface area contributed by atoms with Gasteiger partial charge in [0.05, 0.1) is 26.0 Å². The molecule has 2 aromatic rings. The van der Waals surface area contributed by atoms with E-state index < -0.39 is 0 Å². The van der Waals surface area contributed by atoms with Crippen molar-refractivity contribution in [1.82, 2.24) is 0 Å². The zero-order valence-electron chi connectivity index (χ0n) is 15.6. The first kappa shape index (κ1) is 19.4. The SMILES string of the molecule is CCOc1ccc(OCC)c(NC(=O)COc2ccc(C)cc2OC)c1. The quantitative estimate of drug-likeness (QED) is 0.737. The van der Waals surface area contributed by atoms with Crippen molar-refractivity contribution >= 4 is 11.6 Å². The Labute approximate surface area is 154 Å². The lowest BCUT2D eigenvalue weighted by Gasteiger charge is -2.14. The molecule has 140 valence electrons. The molecule has 2 rings (SSSR count). The molecule has 0 atom stereocenters. The van der Waals surface area contributed by atoms with Crippen molar-refractivity contribution in [1.29, 1.82) is 0 Å². The molecule has 0 saturated heterocycles. The second-order valence-corrected chi connectivity index (χ2v) is 5.52. The molecule has 1 amide bonds. The van der Waals surface area contributed by atoms with Gasteiger partial charge in [0.15, 0.2) is 18.1 Å². The van der Waals surface area contributed by atoms with Gasteiger partial charge in [-0.05, 0) is 50.6 Å². The van der Waals surface area contributed by atoms with E-state index in [1.54, 1.807) is 31.4 Å². The molecule has 0 aromatic heterocycles. The number of carbonyl (C=O) groups is 1. The summed E-state index contributed by atoms with van der Waals surface area (Å²) in [6.07, 6.45) is 0. The van der Waals surface area contributed by atoms with E-state index in [-0.39, 0.29) is 12.5 Å². The van der Waals surface area contributed by atoms with Crippen LogP contribution in [0.1, 0.15) is 19.4 Å². The average Bonchev–Trinajstić information content (AvgIpc) is 2.63. The molecule has 0 heterocycles. The standard InChI is InChI=1S/C20H25NO5/c1-5-24-15-8-10-17(25-6-2)16(12-15)21-20(22)13-26-18-9-7-14(3)11-19(18)23-4/h7-12H,5-6,13H2,1-4H3,(H,21,22). The fraction of sp³-hybridized carbons (Fsp3) is 0.350. The summed E-state index contributed by atoms with van der Waals surface area (Å²) in [7, 11) is 1.56. The molecule has 6 nitrogen and oxygen atoms in total. The van der Waals surface area contributed by atoms with Crippen LogP contribution in [0, 0.1) is 6.92 Å². The van der Waals surface area contributed by atoms with Crippen LogP contribution in [-0.2, 0) is 4.79 Å². The molecule has 0 aliphatic rings. The molecule has 0 radical (unpaired) electrons. The summed E-state index contributed by atoms with van der Waals surface area (Å²) >= 11 is 0. The van der Waals surface area contributed by atoms with Crippen LogP contribution in [0.4, 0.5) is 5.69 Å². The van der Waals surface area contributed by atoms with Crippen LogP contribution in [0.2, 0.25) is 0 Å². The number of ether oxygens (including phenoxy) is 4. The monoisotopic (exact) mass is 359 g/mol. The Hall–Kier alpha value is -2.89. The highest BCUT2D eigenvalue weighted by molar-refractivity contribution is 5.93. The summed E-state index contributed by atoms with van der Waals surface area (Å²) in [6, 6.07) is 10.8. The molecular weight excluding hydrogens is 334 g/mol. The van der Waals surface area contributed by atoms with Crippen molar-refractivity contribution in [3.63, 3.8) is 0 Å². The molecule has 0 fully saturated rings. The molecule has 0 bridgehead atoms. The van der Waals surface area contributed by atoms with E-state index >= 15 is 0 Å². The first-order valence-corrected chi connectivity index (χ1v) is 8.54. The van der Waals surface area contributed by atoms with Gasteiger partial charge in [0.2, 0.25) is 0 Å². The van der Waals surface area contributed by atoms with Gasteiger partial charge in [0.1, 0.15) is 11.5 Å². The zero-order chi connectivity index (χ0) is 18.9. The van der Waals surface area contributed by atoms with E-state index in [0.717, 1.165) is 5.56 Å². The third-order valence-corrected chi connectivity index (χ3v) is 3.51. The van der Waals surface area contributed by atoms with Crippen molar-refractivity contribution in [3.8, 4) is 23.0 Å². The van der Waals surface area contributed by atoms with Crippen LogP contribution in [0.5, 0.6) is 23.0 Å². The number of aryl methyl sites for hydroxylation is 1. The van der Waals surface area contributed by atoms with Gasteiger partial charge < -0.3 is 24.3 Å². The number of anilines is 1. The fourth-order valence-electron chi connectivity index (χ4n) is 2.37. The predicted octanol–water partition coefficient (Wildman–Crippen LogP) is 3.82. The van der Waals surface area contributed by atoms with Crippen molar-refractivity contribution in [2.24, 2.45) is 0 Å². The van der Waals surface area contributed by atoms with E-state index in [1.807, 2.05) is 32.9 Å². The third-order valence-electron chi connectivity index (χ3n) is 3.51. The Morgan fingerprint density at radius 3 is 2.35 bits per heavy atom. The van der Waals surface area contributed by atoms with Gasteiger partial charge in [-0.15, -0.1) is 0 Å². The topological polar surface area (TPSA) is 66.0 Å². The van der Waals surface area contributed by atoms with Gasteiger partial charge in [-0.2, -0.15) is 0 Å². The van der Waals surface area contributed by atoms with Crippen molar-refractivity contribution in [2.75, 3.05) is 32.2 Å². The second-order valence-electron chi connectivity index (χ2n) is 5.52. The van der Waals surface area contributed by atoms with Gasteiger partial charge in [-0.1, -0.05) is 6.07 Å². The summed E-state index contributed by atoms with van der Waals surface area (Å²) in [5.41, 5.74) is 1.59. The second kappa shape index (κ2) is 9.56. The van der Waals surface area contributed by atoms with Gasteiger partial charge in [0, 0.05) is 6.07 Å². The minimum Gasteiger partial charge on any atom is -0.494 e. The minimum absolute atomic E-state index is 0.149. The zero-order valence-corrected chi connectivity index (χ0v) is 15.6. The highest BCUT2D eigenvalue weighted by Crippen LogP contribution is 2.30. The van der Waals surface area contributed by atoms with Gasteiger partial charge in [-0.25, -0.2) is 0 Å². The van der Waals surface area contributed by atoms with E-state index in [0.29, 0.717) is 41.9 Å². The maximum Gasteiger partial charge on any atom is 0.262 e. The highest BCUT2D eigenvalue weighted by atomic mass is 16.5. The van der Waals surface area contributed by atoms with Crippen LogP contribution < -0.4 is 24.3 Å². The fourth-order valence-corrected chi connectivity index (χ4v) is 2.37. The third kappa shape index (κ3) is 5.31. The van der Waals surface area contributed by atoms with E-state index in [9.17, 15) is 4.79 Å². The summed E-state index contributed by atoms with van der Waals surface area (Å²) in [6.45, 7) is 6.63. The molecule has 0 aliphatic carbocycles. The first-order valence-electron chi connectivity index (χ1n) is 8.54. The molecule has 6 heteroatoms. The molecule has 1 N–H and O–H groups in total. The number of rotatable bonds is 9. The molecule has 0 spiro atoms. The van der Waals surface area contributed by atoms with Crippen LogP contribution in [0.3, 0.4) is 0 Å². The predicted molar refractivity (Wildman–Crippen MR) is 101 cm³/mol. The van der Waals surface area contributed by atoms with Crippen LogP contribution in [0.25, 0.3) is 0 Å². The normalized spacial score (nSPS) is 10.2. The molecular formula is C20H25NO5. The first-order chi connectivity index (χ1) is 12.6.